The molecule has 3 aromatic rings. The van der Waals surface area contributed by atoms with E-state index in [-0.39, 0.29) is 22.7 Å². The fraction of sp³-hybridized carbons (Fsp3) is 0.269. The number of fused-ring (bicyclic) bond motifs is 1. The fourth-order valence-corrected chi connectivity index (χ4v) is 6.59. The molecule has 3 aromatic carbocycles. The van der Waals surface area contributed by atoms with Crippen molar-refractivity contribution >= 4 is 27.3 Å². The summed E-state index contributed by atoms with van der Waals surface area (Å²) in [6, 6.07) is 20.2. The van der Waals surface area contributed by atoms with Crippen LogP contribution in [0.15, 0.2) is 77.7 Å². The van der Waals surface area contributed by atoms with Crippen LogP contribution in [-0.2, 0) is 16.4 Å². The number of piperazine rings is 1. The van der Waals surface area contributed by atoms with Gasteiger partial charge in [-0.2, -0.15) is 0 Å². The van der Waals surface area contributed by atoms with Crippen LogP contribution in [0.2, 0.25) is 0 Å². The summed E-state index contributed by atoms with van der Waals surface area (Å²) in [5.41, 5.74) is 2.55. The van der Waals surface area contributed by atoms with Crippen LogP contribution in [0.4, 0.5) is 15.8 Å². The molecule has 0 N–H and O–H groups in total. The van der Waals surface area contributed by atoms with Gasteiger partial charge in [0.05, 0.1) is 16.3 Å². The number of benzene rings is 3. The number of halogens is 1. The molecule has 6 nitrogen and oxygen atoms in total. The van der Waals surface area contributed by atoms with Crippen molar-refractivity contribution in [1.82, 2.24) is 4.90 Å². The van der Waals surface area contributed by atoms with Crippen LogP contribution in [0.1, 0.15) is 22.8 Å². The highest BCUT2D eigenvalue weighted by Gasteiger charge is 2.36. The second-order valence-electron chi connectivity index (χ2n) is 8.74. The average molecular weight is 480 g/mol. The highest BCUT2D eigenvalue weighted by atomic mass is 32.2. The van der Waals surface area contributed by atoms with E-state index in [2.05, 4.69) is 0 Å². The third kappa shape index (κ3) is 3.92. The van der Waals surface area contributed by atoms with E-state index < -0.39 is 10.0 Å². The monoisotopic (exact) mass is 479 g/mol. The maximum Gasteiger partial charge on any atom is 0.264 e. The Labute approximate surface area is 199 Å². The number of carbonyl (C=O) groups is 1. The summed E-state index contributed by atoms with van der Waals surface area (Å²) in [7, 11) is -3.82. The summed E-state index contributed by atoms with van der Waals surface area (Å²) in [6.45, 7) is 3.77. The minimum atomic E-state index is -3.82. The van der Waals surface area contributed by atoms with E-state index in [0.717, 1.165) is 5.56 Å². The molecule has 0 aromatic heterocycles. The van der Waals surface area contributed by atoms with Crippen molar-refractivity contribution in [3.8, 4) is 0 Å². The maximum atomic E-state index is 14.1. The lowest BCUT2D eigenvalue weighted by Crippen LogP contribution is -2.49. The summed E-state index contributed by atoms with van der Waals surface area (Å²) in [5, 5.41) is 0. The number of hydrogen-bond donors (Lipinski definition) is 0. The van der Waals surface area contributed by atoms with Gasteiger partial charge in [-0.05, 0) is 55.3 Å². The van der Waals surface area contributed by atoms with E-state index in [1.807, 2.05) is 36.1 Å². The molecule has 2 aliphatic heterocycles. The highest BCUT2D eigenvalue weighted by Crippen LogP contribution is 2.36. The van der Waals surface area contributed by atoms with Gasteiger partial charge in [0.2, 0.25) is 0 Å². The molecule has 2 heterocycles. The molecule has 1 fully saturated rings. The molecule has 0 unspecified atom stereocenters. The lowest BCUT2D eigenvalue weighted by Gasteiger charge is -2.36. The first-order valence-corrected chi connectivity index (χ1v) is 12.8. The maximum absolute atomic E-state index is 14.1. The van der Waals surface area contributed by atoms with Gasteiger partial charge in [0, 0.05) is 37.8 Å². The molecule has 0 saturated carbocycles. The van der Waals surface area contributed by atoms with Gasteiger partial charge in [-0.25, -0.2) is 12.8 Å². The SMILES string of the molecule is C[C@@H]1Cc2ccccc2N1S(=O)(=O)c1cccc(C(=O)N2CCN(c3ccccc3F)CC2)c1. The zero-order valence-corrected chi connectivity index (χ0v) is 19.7. The topological polar surface area (TPSA) is 60.9 Å². The first-order valence-electron chi connectivity index (χ1n) is 11.4. The van der Waals surface area contributed by atoms with Gasteiger partial charge >= 0.3 is 0 Å². The fourth-order valence-electron chi connectivity index (χ4n) is 4.85. The van der Waals surface area contributed by atoms with E-state index in [0.29, 0.717) is 49.5 Å². The number of anilines is 2. The van der Waals surface area contributed by atoms with Crippen molar-refractivity contribution in [3.63, 3.8) is 0 Å². The lowest BCUT2D eigenvalue weighted by molar-refractivity contribution is 0.0746. The highest BCUT2D eigenvalue weighted by molar-refractivity contribution is 7.92. The standard InChI is InChI=1S/C26H26FN3O3S/c1-19-17-20-7-2-4-11-24(20)30(19)34(32,33)22-9-6-8-21(18-22)26(31)29-15-13-28(14-16-29)25-12-5-3-10-23(25)27/h2-12,18-19H,13-17H2,1H3/t19-/m1/s1. The number of rotatable bonds is 4. The summed E-state index contributed by atoms with van der Waals surface area (Å²) in [4.78, 5) is 16.9. The molecule has 8 heteroatoms. The molecule has 0 spiro atoms. The number of nitrogens with zero attached hydrogens (tertiary/aromatic N) is 3. The Bertz CT molecular complexity index is 1340. The van der Waals surface area contributed by atoms with Crippen molar-refractivity contribution in [2.45, 2.75) is 24.3 Å². The van der Waals surface area contributed by atoms with Crippen LogP contribution < -0.4 is 9.21 Å². The smallest absolute Gasteiger partial charge is 0.264 e. The zero-order valence-electron chi connectivity index (χ0n) is 18.9. The first kappa shape index (κ1) is 22.4. The van der Waals surface area contributed by atoms with Crippen LogP contribution in [-0.4, -0.2) is 51.4 Å². The number of hydrogen-bond acceptors (Lipinski definition) is 4. The predicted molar refractivity (Wildman–Crippen MR) is 130 cm³/mol. The largest absolute Gasteiger partial charge is 0.366 e. The Morgan fingerprint density at radius 1 is 0.882 bits per heavy atom. The van der Waals surface area contributed by atoms with Crippen LogP contribution in [0.25, 0.3) is 0 Å². The second-order valence-corrected chi connectivity index (χ2v) is 10.6. The van der Waals surface area contributed by atoms with Crippen molar-refractivity contribution < 1.29 is 17.6 Å². The summed E-state index contributed by atoms with van der Waals surface area (Å²) in [6.07, 6.45) is 0.653. The molecule has 0 aliphatic carbocycles. The van der Waals surface area contributed by atoms with E-state index in [4.69, 9.17) is 0 Å². The second kappa shape index (κ2) is 8.76. The Balaban J connectivity index is 1.35. The average Bonchev–Trinajstić information content (AvgIpc) is 3.20. The normalized spacial score (nSPS) is 18.2. The van der Waals surface area contributed by atoms with Crippen molar-refractivity contribution in [2.75, 3.05) is 35.4 Å². The van der Waals surface area contributed by atoms with Crippen molar-refractivity contribution in [3.05, 3.63) is 89.7 Å². The Morgan fingerprint density at radius 2 is 1.56 bits per heavy atom. The Kier molecular flexibility index (Phi) is 5.77. The molecule has 176 valence electrons. The minimum absolute atomic E-state index is 0.104. The first-order chi connectivity index (χ1) is 16.4. The summed E-state index contributed by atoms with van der Waals surface area (Å²) >= 11 is 0. The Hall–Kier alpha value is -3.39. The van der Waals surface area contributed by atoms with Crippen molar-refractivity contribution in [1.29, 1.82) is 0 Å². The molecule has 0 bridgehead atoms. The lowest BCUT2D eigenvalue weighted by atomic mass is 10.1. The van der Waals surface area contributed by atoms with Gasteiger partial charge in [-0.3, -0.25) is 9.10 Å². The van der Waals surface area contributed by atoms with Crippen LogP contribution >= 0.6 is 0 Å². The van der Waals surface area contributed by atoms with Gasteiger partial charge < -0.3 is 9.80 Å². The molecule has 0 radical (unpaired) electrons. The minimum Gasteiger partial charge on any atom is -0.366 e. The number of amides is 1. The van der Waals surface area contributed by atoms with Crippen LogP contribution in [0, 0.1) is 5.82 Å². The summed E-state index contributed by atoms with van der Waals surface area (Å²) < 4.78 is 42.7. The van der Waals surface area contributed by atoms with Crippen LogP contribution in [0.5, 0.6) is 0 Å². The van der Waals surface area contributed by atoms with Gasteiger partial charge in [0.15, 0.2) is 0 Å². The van der Waals surface area contributed by atoms with Gasteiger partial charge in [-0.1, -0.05) is 36.4 Å². The molecule has 1 saturated heterocycles. The molecule has 2 aliphatic rings. The van der Waals surface area contributed by atoms with E-state index in [1.165, 1.54) is 22.5 Å². The van der Waals surface area contributed by atoms with Gasteiger partial charge in [-0.15, -0.1) is 0 Å². The molecule has 1 atom stereocenters. The molecule has 34 heavy (non-hydrogen) atoms. The number of para-hydroxylation sites is 2. The zero-order chi connectivity index (χ0) is 23.9. The van der Waals surface area contributed by atoms with E-state index >= 15 is 0 Å². The van der Waals surface area contributed by atoms with Gasteiger partial charge in [0.25, 0.3) is 15.9 Å². The quantitative estimate of drug-likeness (QED) is 0.569. The predicted octanol–water partition coefficient (Wildman–Crippen LogP) is 3.93. The third-order valence-corrected chi connectivity index (χ3v) is 8.47. The molecular weight excluding hydrogens is 453 g/mol. The molecular formula is C26H26FN3O3S. The third-order valence-electron chi connectivity index (χ3n) is 6.54. The van der Waals surface area contributed by atoms with Crippen LogP contribution in [0.3, 0.4) is 0 Å². The summed E-state index contributed by atoms with van der Waals surface area (Å²) in [5.74, 6) is -0.502. The molecule has 1 amide bonds. The van der Waals surface area contributed by atoms with Crippen molar-refractivity contribution in [2.24, 2.45) is 0 Å². The van der Waals surface area contributed by atoms with E-state index in [9.17, 15) is 17.6 Å². The number of sulfonamides is 1. The van der Waals surface area contributed by atoms with E-state index in [1.54, 1.807) is 35.2 Å². The van der Waals surface area contributed by atoms with Gasteiger partial charge in [0.1, 0.15) is 5.82 Å². The Morgan fingerprint density at radius 3 is 2.29 bits per heavy atom. The number of carbonyl (C=O) groups excluding carboxylic acids is 1. The molecule has 5 rings (SSSR count).